The van der Waals surface area contributed by atoms with Crippen LogP contribution < -0.4 is 9.80 Å². The molecular weight excluding hydrogens is 1040 g/mol. The fourth-order valence-electron chi connectivity index (χ4n) is 14.3. The highest BCUT2D eigenvalue weighted by Gasteiger charge is 2.33. The molecule has 0 saturated heterocycles. The Kier molecular flexibility index (Phi) is 11.8. The predicted octanol–water partition coefficient (Wildman–Crippen LogP) is 23.5. The van der Waals surface area contributed by atoms with Gasteiger partial charge in [0, 0.05) is 65.6 Å². The molecule has 4 nitrogen and oxygen atoms in total. The van der Waals surface area contributed by atoms with E-state index in [0.717, 1.165) is 22.7 Å². The first-order valence-electron chi connectivity index (χ1n) is 30.8. The number of rotatable bonds is 8. The molecule has 0 atom stereocenters. The second-order valence-electron chi connectivity index (χ2n) is 28.2. The zero-order valence-corrected chi connectivity index (χ0v) is 51.7. The van der Waals surface area contributed by atoms with Crippen LogP contribution in [0.3, 0.4) is 0 Å². The zero-order valence-electron chi connectivity index (χ0n) is 51.7. The molecule has 4 heterocycles. The fourth-order valence-corrected chi connectivity index (χ4v) is 14.3. The third kappa shape index (κ3) is 8.16. The number of benzene rings is 11. The highest BCUT2D eigenvalue weighted by atomic mass is 15.2. The molecule has 15 aromatic rings. The van der Waals surface area contributed by atoms with Crippen molar-refractivity contribution in [2.45, 2.75) is 105 Å². The van der Waals surface area contributed by atoms with E-state index in [1.54, 1.807) is 0 Å². The van der Waals surface area contributed by atoms with Crippen LogP contribution in [0.15, 0.2) is 231 Å². The van der Waals surface area contributed by atoms with Gasteiger partial charge in [0.2, 0.25) is 0 Å². The van der Waals surface area contributed by atoms with Gasteiger partial charge in [0.1, 0.15) is 0 Å². The highest BCUT2D eigenvalue weighted by molar-refractivity contribution is 6.32. The molecule has 4 heteroatoms. The maximum atomic E-state index is 2.61. The van der Waals surface area contributed by atoms with E-state index in [-0.39, 0.29) is 21.7 Å². The number of aromatic nitrogens is 2. The lowest BCUT2D eigenvalue weighted by atomic mass is 9.84. The van der Waals surface area contributed by atoms with Crippen LogP contribution in [0.5, 0.6) is 0 Å². The molecule has 0 bridgehead atoms. The lowest BCUT2D eigenvalue weighted by Crippen LogP contribution is -2.19. The van der Waals surface area contributed by atoms with Crippen molar-refractivity contribution in [2.75, 3.05) is 9.80 Å². The summed E-state index contributed by atoms with van der Waals surface area (Å²) < 4.78 is 5.22. The van der Waals surface area contributed by atoms with Crippen molar-refractivity contribution in [2.24, 2.45) is 0 Å². The summed E-state index contributed by atoms with van der Waals surface area (Å²) in [5.74, 6) is 0. The lowest BCUT2D eigenvalue weighted by Gasteiger charge is -2.33. The number of fused-ring (bicyclic) bond motifs is 12. The largest absolute Gasteiger partial charge is 0.309 e. The molecule has 0 unspecified atom stereocenters. The van der Waals surface area contributed by atoms with Gasteiger partial charge in [-0.05, 0) is 128 Å². The summed E-state index contributed by atoms with van der Waals surface area (Å²) in [7, 11) is 0. The maximum absolute atomic E-state index is 2.61. The average Bonchev–Trinajstić information content (AvgIpc) is 1.52. The van der Waals surface area contributed by atoms with Crippen LogP contribution in [0.4, 0.5) is 34.1 Å². The molecular formula is C82H74N4. The van der Waals surface area contributed by atoms with E-state index in [1.807, 2.05) is 0 Å². The third-order valence-electron chi connectivity index (χ3n) is 18.5. The second kappa shape index (κ2) is 19.1. The first-order chi connectivity index (χ1) is 41.3. The minimum absolute atomic E-state index is 0.0723. The Morgan fingerprint density at radius 2 is 0.605 bits per heavy atom. The molecule has 4 aromatic heterocycles. The summed E-state index contributed by atoms with van der Waals surface area (Å²) in [6, 6.07) is 87.3. The van der Waals surface area contributed by atoms with Gasteiger partial charge in [-0.25, -0.2) is 0 Å². The van der Waals surface area contributed by atoms with Gasteiger partial charge in [-0.1, -0.05) is 241 Å². The van der Waals surface area contributed by atoms with Gasteiger partial charge in [0.25, 0.3) is 0 Å². The van der Waals surface area contributed by atoms with E-state index in [4.69, 9.17) is 0 Å². The van der Waals surface area contributed by atoms with Crippen molar-refractivity contribution in [1.29, 1.82) is 0 Å². The van der Waals surface area contributed by atoms with E-state index in [9.17, 15) is 0 Å². The Bertz CT molecular complexity index is 4820. The van der Waals surface area contributed by atoms with Gasteiger partial charge < -0.3 is 18.6 Å². The van der Waals surface area contributed by atoms with Crippen molar-refractivity contribution in [3.05, 3.63) is 253 Å². The van der Waals surface area contributed by atoms with Gasteiger partial charge >= 0.3 is 0 Å². The molecule has 0 saturated carbocycles. The molecule has 0 spiro atoms. The van der Waals surface area contributed by atoms with Crippen molar-refractivity contribution in [3.63, 3.8) is 0 Å². The standard InChI is InChI=1S/C82H74N4/c1-79(2,3)53-39-43-67-61(47-53)75-71(83(69-37-25-21-33-63(69)81(7,8)9)65-35-23-19-31-55(65)51-27-15-13-16-28-51)45-41-57-59-50-74-60(49-73(59)85(67)77(57)75)58-42-46-72(76-62-48-54(80(4,5)6)40-44-68(62)86(74)78(58)76)84(70-38-26-22-34-64(70)82(10,11)12)66-36-24-20-32-56(66)52-29-17-14-18-30-52/h13-50H,1-12H3. The minimum atomic E-state index is -0.144. The number of hydrogen-bond acceptors (Lipinski definition) is 2. The Morgan fingerprint density at radius 1 is 0.256 bits per heavy atom. The topological polar surface area (TPSA) is 15.3 Å². The molecule has 15 rings (SSSR count). The molecule has 0 N–H and O–H groups in total. The molecule has 86 heavy (non-hydrogen) atoms. The first kappa shape index (κ1) is 53.4. The van der Waals surface area contributed by atoms with Crippen molar-refractivity contribution in [3.8, 4) is 22.3 Å². The van der Waals surface area contributed by atoms with Crippen LogP contribution in [0.25, 0.3) is 98.4 Å². The highest BCUT2D eigenvalue weighted by Crippen LogP contribution is 2.55. The molecule has 422 valence electrons. The number of anilines is 6. The lowest BCUT2D eigenvalue weighted by molar-refractivity contribution is 0.590. The number of nitrogens with zero attached hydrogens (tertiary/aromatic N) is 4. The smallest absolute Gasteiger partial charge is 0.0641 e. The van der Waals surface area contributed by atoms with Crippen LogP contribution in [-0.2, 0) is 21.7 Å². The summed E-state index contributed by atoms with van der Waals surface area (Å²) in [5.41, 5.74) is 23.8. The minimum Gasteiger partial charge on any atom is -0.309 e. The van der Waals surface area contributed by atoms with E-state index in [1.165, 1.54) is 132 Å². The van der Waals surface area contributed by atoms with E-state index >= 15 is 0 Å². The zero-order chi connectivity index (χ0) is 59.3. The predicted molar refractivity (Wildman–Crippen MR) is 371 cm³/mol. The van der Waals surface area contributed by atoms with Crippen molar-refractivity contribution in [1.82, 2.24) is 8.80 Å². The summed E-state index contributed by atoms with van der Waals surface area (Å²) in [6.07, 6.45) is 0. The van der Waals surface area contributed by atoms with Crippen LogP contribution in [0.1, 0.15) is 105 Å². The van der Waals surface area contributed by atoms with Crippen LogP contribution in [0, 0.1) is 0 Å². The third-order valence-corrected chi connectivity index (χ3v) is 18.5. The molecule has 0 aliphatic carbocycles. The van der Waals surface area contributed by atoms with E-state index in [2.05, 4.69) is 332 Å². The molecule has 0 radical (unpaired) electrons. The first-order valence-corrected chi connectivity index (χ1v) is 30.8. The van der Waals surface area contributed by atoms with Crippen LogP contribution in [-0.4, -0.2) is 8.80 Å². The van der Waals surface area contributed by atoms with E-state index in [0.29, 0.717) is 0 Å². The Balaban J connectivity index is 1.07. The van der Waals surface area contributed by atoms with Crippen molar-refractivity contribution >= 4 is 110 Å². The Hall–Kier alpha value is -9.38. The average molecular weight is 1120 g/mol. The summed E-state index contributed by atoms with van der Waals surface area (Å²) in [5, 5.41) is 10.0. The normalized spacial score (nSPS) is 12.9. The quantitative estimate of drug-likeness (QED) is 0.151. The summed E-state index contributed by atoms with van der Waals surface area (Å²) in [4.78, 5) is 5.17. The molecule has 0 aliphatic rings. The maximum Gasteiger partial charge on any atom is 0.0641 e. The van der Waals surface area contributed by atoms with Gasteiger partial charge in [0.15, 0.2) is 0 Å². The van der Waals surface area contributed by atoms with Crippen molar-refractivity contribution < 1.29 is 0 Å². The van der Waals surface area contributed by atoms with E-state index < -0.39 is 0 Å². The van der Waals surface area contributed by atoms with Gasteiger partial charge in [-0.15, -0.1) is 0 Å². The van der Waals surface area contributed by atoms with Crippen LogP contribution in [0.2, 0.25) is 0 Å². The molecule has 0 fully saturated rings. The monoisotopic (exact) mass is 1110 g/mol. The number of hydrogen-bond donors (Lipinski definition) is 0. The molecule has 0 aliphatic heterocycles. The summed E-state index contributed by atoms with van der Waals surface area (Å²) >= 11 is 0. The Morgan fingerprint density at radius 3 is 0.977 bits per heavy atom. The fraction of sp³-hybridized carbons (Fsp3) is 0.195. The second-order valence-corrected chi connectivity index (χ2v) is 28.2. The van der Waals surface area contributed by atoms with Gasteiger partial charge in [0.05, 0.1) is 55.8 Å². The molecule has 11 aromatic carbocycles. The van der Waals surface area contributed by atoms with Crippen LogP contribution >= 0.6 is 0 Å². The summed E-state index contributed by atoms with van der Waals surface area (Å²) in [6.45, 7) is 28.1. The van der Waals surface area contributed by atoms with Gasteiger partial charge in [-0.2, -0.15) is 0 Å². The SMILES string of the molecule is CC(C)(C)c1ccc2c(c1)c1c(N(c3ccccc3-c3ccccc3)c3ccccc3C(C)(C)C)ccc3c4cc5c(cc4n2c31)c1ccc(N(c2ccccc2-c2ccccc2)c2ccccc2C(C)(C)C)c2c3cc(C(C)(C)C)ccc3n5c12. The Labute approximate surface area is 505 Å². The number of para-hydroxylation sites is 4. The molecule has 0 amide bonds. The van der Waals surface area contributed by atoms with Gasteiger partial charge in [-0.3, -0.25) is 0 Å².